The molecule has 5 heteroatoms. The summed E-state index contributed by atoms with van der Waals surface area (Å²) in [6.07, 6.45) is 0. The molecule has 0 N–H and O–H groups in total. The third kappa shape index (κ3) is 2.12. The third-order valence-corrected chi connectivity index (χ3v) is 3.71. The highest BCUT2D eigenvalue weighted by atomic mass is 35.5. The van der Waals surface area contributed by atoms with Gasteiger partial charge in [0.05, 0.1) is 13.2 Å². The van der Waals surface area contributed by atoms with Crippen molar-refractivity contribution >= 4 is 17.6 Å². The van der Waals surface area contributed by atoms with Gasteiger partial charge < -0.3 is 14.5 Å². The average Bonchev–Trinajstić information content (AvgIpc) is 2.66. The van der Waals surface area contributed by atoms with Crippen LogP contribution in [0, 0.1) is 0 Å². The van der Waals surface area contributed by atoms with Gasteiger partial charge in [0.1, 0.15) is 5.75 Å². The largest absolute Gasteiger partial charge is 0.497 e. The van der Waals surface area contributed by atoms with Crippen LogP contribution in [0.1, 0.15) is 18.5 Å². The minimum absolute atomic E-state index is 0.0101. The van der Waals surface area contributed by atoms with E-state index in [9.17, 15) is 4.79 Å². The van der Waals surface area contributed by atoms with Crippen LogP contribution in [-0.4, -0.2) is 43.1 Å². The number of nitrogens with zero attached hydrogens (tertiary/aromatic N) is 2. The summed E-state index contributed by atoms with van der Waals surface area (Å²) in [7, 11) is 3.42. The first-order chi connectivity index (χ1) is 8.58. The number of hydrogen-bond donors (Lipinski definition) is 0. The average molecular weight is 269 g/mol. The van der Waals surface area contributed by atoms with Gasteiger partial charge in [0, 0.05) is 25.2 Å². The molecule has 0 bridgehead atoms. The molecule has 1 fully saturated rings. The maximum absolute atomic E-state index is 11.9. The number of urea groups is 1. The zero-order chi connectivity index (χ0) is 13.3. The van der Waals surface area contributed by atoms with Gasteiger partial charge >= 0.3 is 6.03 Å². The molecule has 1 unspecified atom stereocenters. The number of benzene rings is 1. The van der Waals surface area contributed by atoms with Crippen LogP contribution in [0.2, 0.25) is 5.02 Å². The fourth-order valence-corrected chi connectivity index (χ4v) is 2.54. The minimum Gasteiger partial charge on any atom is -0.497 e. The smallest absolute Gasteiger partial charge is 0.320 e. The molecule has 1 atom stereocenters. The SMILES string of the molecule is CCN1CC(c2ccc(OC)cc2Cl)N(C)C1=O. The lowest BCUT2D eigenvalue weighted by molar-refractivity contribution is 0.197. The van der Waals surface area contributed by atoms with Gasteiger partial charge in [-0.1, -0.05) is 17.7 Å². The molecular weight excluding hydrogens is 252 g/mol. The standard InChI is InChI=1S/C13H17ClN2O2/c1-4-16-8-12(15(2)13(16)17)10-6-5-9(18-3)7-11(10)14/h5-7,12H,4,8H2,1-3H3. The molecule has 0 aromatic heterocycles. The van der Waals surface area contributed by atoms with Gasteiger partial charge in [-0.3, -0.25) is 0 Å². The van der Waals surface area contributed by atoms with E-state index in [4.69, 9.17) is 16.3 Å². The Hall–Kier alpha value is -1.42. The van der Waals surface area contributed by atoms with Crippen LogP contribution in [0.5, 0.6) is 5.75 Å². The molecule has 0 saturated carbocycles. The van der Waals surface area contributed by atoms with E-state index < -0.39 is 0 Å². The number of ether oxygens (including phenoxy) is 1. The van der Waals surface area contributed by atoms with Crippen molar-refractivity contribution in [2.75, 3.05) is 27.2 Å². The van der Waals surface area contributed by atoms with Crippen molar-refractivity contribution in [3.63, 3.8) is 0 Å². The number of halogens is 1. The Morgan fingerprint density at radius 1 is 1.50 bits per heavy atom. The van der Waals surface area contributed by atoms with E-state index in [2.05, 4.69) is 0 Å². The Morgan fingerprint density at radius 2 is 2.22 bits per heavy atom. The van der Waals surface area contributed by atoms with Crippen LogP contribution >= 0.6 is 11.6 Å². The highest BCUT2D eigenvalue weighted by Crippen LogP contribution is 2.34. The van der Waals surface area contributed by atoms with Crippen LogP contribution < -0.4 is 4.74 Å². The number of methoxy groups -OCH3 is 1. The molecule has 2 rings (SSSR count). The molecule has 1 aliphatic heterocycles. The number of carbonyl (C=O) groups excluding carboxylic acids is 1. The Labute approximate surface area is 112 Å². The predicted octanol–water partition coefficient (Wildman–Crippen LogP) is 2.78. The van der Waals surface area contributed by atoms with Gasteiger partial charge in [-0.05, 0) is 24.6 Å². The zero-order valence-corrected chi connectivity index (χ0v) is 11.6. The van der Waals surface area contributed by atoms with Crippen molar-refractivity contribution in [2.45, 2.75) is 13.0 Å². The summed E-state index contributed by atoms with van der Waals surface area (Å²) in [5, 5.41) is 0.636. The Morgan fingerprint density at radius 3 is 2.72 bits per heavy atom. The number of rotatable bonds is 3. The zero-order valence-electron chi connectivity index (χ0n) is 10.8. The topological polar surface area (TPSA) is 32.8 Å². The minimum atomic E-state index is 0.0101. The van der Waals surface area contributed by atoms with Gasteiger partial charge in [0.2, 0.25) is 0 Å². The molecule has 1 saturated heterocycles. The van der Waals surface area contributed by atoms with E-state index in [0.717, 1.165) is 11.3 Å². The van der Waals surface area contributed by atoms with Crippen molar-refractivity contribution in [3.05, 3.63) is 28.8 Å². The monoisotopic (exact) mass is 268 g/mol. The molecule has 1 aromatic rings. The van der Waals surface area contributed by atoms with Gasteiger partial charge in [0.15, 0.2) is 0 Å². The van der Waals surface area contributed by atoms with E-state index in [-0.39, 0.29) is 12.1 Å². The molecule has 1 aromatic carbocycles. The van der Waals surface area contributed by atoms with Crippen LogP contribution in [-0.2, 0) is 0 Å². The first-order valence-electron chi connectivity index (χ1n) is 5.93. The molecule has 4 nitrogen and oxygen atoms in total. The Bertz CT molecular complexity index is 464. The molecule has 98 valence electrons. The number of amides is 2. The third-order valence-electron chi connectivity index (χ3n) is 3.38. The maximum Gasteiger partial charge on any atom is 0.320 e. The molecule has 2 amide bonds. The molecule has 0 spiro atoms. The van der Waals surface area contributed by atoms with Gasteiger partial charge in [0.25, 0.3) is 0 Å². The summed E-state index contributed by atoms with van der Waals surface area (Å²) in [4.78, 5) is 15.5. The van der Waals surface area contributed by atoms with Crippen molar-refractivity contribution in [3.8, 4) is 5.75 Å². The molecule has 0 radical (unpaired) electrons. The second kappa shape index (κ2) is 5.06. The quantitative estimate of drug-likeness (QED) is 0.844. The van der Waals surface area contributed by atoms with Crippen LogP contribution in [0.25, 0.3) is 0 Å². The van der Waals surface area contributed by atoms with Gasteiger partial charge in [-0.25, -0.2) is 4.79 Å². The summed E-state index contributed by atoms with van der Waals surface area (Å²) in [6, 6.07) is 5.64. The highest BCUT2D eigenvalue weighted by molar-refractivity contribution is 6.31. The van der Waals surface area contributed by atoms with Crippen molar-refractivity contribution in [2.24, 2.45) is 0 Å². The Balaban J connectivity index is 2.30. The summed E-state index contributed by atoms with van der Waals surface area (Å²) in [5.74, 6) is 0.725. The molecule has 1 heterocycles. The van der Waals surface area contributed by atoms with E-state index in [1.807, 2.05) is 31.0 Å². The summed E-state index contributed by atoms with van der Waals surface area (Å²) >= 11 is 6.26. The summed E-state index contributed by atoms with van der Waals surface area (Å²) in [5.41, 5.74) is 0.962. The maximum atomic E-state index is 11.9. The van der Waals surface area contributed by atoms with Gasteiger partial charge in [-0.2, -0.15) is 0 Å². The van der Waals surface area contributed by atoms with E-state index >= 15 is 0 Å². The van der Waals surface area contributed by atoms with E-state index in [0.29, 0.717) is 18.1 Å². The normalized spacial score (nSPS) is 19.6. The lowest BCUT2D eigenvalue weighted by atomic mass is 10.1. The summed E-state index contributed by atoms with van der Waals surface area (Å²) in [6.45, 7) is 3.37. The lowest BCUT2D eigenvalue weighted by Crippen LogP contribution is -2.29. The second-order valence-electron chi connectivity index (χ2n) is 4.34. The fourth-order valence-electron chi connectivity index (χ4n) is 2.24. The second-order valence-corrected chi connectivity index (χ2v) is 4.74. The molecule has 18 heavy (non-hydrogen) atoms. The number of carbonyl (C=O) groups is 1. The van der Waals surface area contributed by atoms with Crippen LogP contribution in [0.3, 0.4) is 0 Å². The summed E-state index contributed by atoms with van der Waals surface area (Å²) < 4.78 is 5.13. The molecule has 1 aliphatic rings. The molecular formula is C13H17ClN2O2. The number of likely N-dealkylation sites (N-methyl/N-ethyl adjacent to an activating group) is 2. The fraction of sp³-hybridized carbons (Fsp3) is 0.462. The molecule has 0 aliphatic carbocycles. The van der Waals surface area contributed by atoms with E-state index in [1.54, 1.807) is 18.1 Å². The van der Waals surface area contributed by atoms with Crippen molar-refractivity contribution in [1.29, 1.82) is 0 Å². The van der Waals surface area contributed by atoms with Crippen LogP contribution in [0.15, 0.2) is 18.2 Å². The first kappa shape index (κ1) is 13.0. The van der Waals surface area contributed by atoms with E-state index in [1.165, 1.54) is 0 Å². The first-order valence-corrected chi connectivity index (χ1v) is 6.31. The van der Waals surface area contributed by atoms with Gasteiger partial charge in [-0.15, -0.1) is 0 Å². The predicted molar refractivity (Wildman–Crippen MR) is 71.2 cm³/mol. The van der Waals surface area contributed by atoms with Crippen molar-refractivity contribution < 1.29 is 9.53 Å². The van der Waals surface area contributed by atoms with Crippen LogP contribution in [0.4, 0.5) is 4.79 Å². The van der Waals surface area contributed by atoms with Crippen molar-refractivity contribution in [1.82, 2.24) is 9.80 Å². The number of hydrogen-bond acceptors (Lipinski definition) is 2. The highest BCUT2D eigenvalue weighted by Gasteiger charge is 2.35. The Kier molecular flexibility index (Phi) is 3.66. The lowest BCUT2D eigenvalue weighted by Gasteiger charge is -2.19.